The molecule has 0 spiro atoms. The van der Waals surface area contributed by atoms with E-state index in [0.29, 0.717) is 6.61 Å². The third-order valence-corrected chi connectivity index (χ3v) is 4.62. The summed E-state index contributed by atoms with van der Waals surface area (Å²) in [6.45, 7) is 4.19. The van der Waals surface area contributed by atoms with Crippen LogP contribution in [0.5, 0.6) is 0 Å². The molecule has 2 rings (SSSR count). The SMILES string of the molecule is CCOC(=O)C1(c2ccc(I)cc2)CCN(C)CC1.[Cl-]. The van der Waals surface area contributed by atoms with Crippen molar-refractivity contribution in [1.82, 2.24) is 4.90 Å². The average molecular weight is 409 g/mol. The van der Waals surface area contributed by atoms with E-state index in [0.717, 1.165) is 31.5 Å². The normalized spacial score (nSPS) is 18.1. The quantitative estimate of drug-likeness (QED) is 0.513. The van der Waals surface area contributed by atoms with Crippen LogP contribution in [0, 0.1) is 3.57 Å². The van der Waals surface area contributed by atoms with Gasteiger partial charge >= 0.3 is 5.97 Å². The highest BCUT2D eigenvalue weighted by molar-refractivity contribution is 14.1. The zero-order chi connectivity index (χ0) is 13.9. The minimum Gasteiger partial charge on any atom is -1.00 e. The number of hydrogen-bond acceptors (Lipinski definition) is 3. The fraction of sp³-hybridized carbons (Fsp3) is 0.533. The molecule has 1 aliphatic rings. The number of benzene rings is 1. The highest BCUT2D eigenvalue weighted by Crippen LogP contribution is 2.36. The minimum absolute atomic E-state index is 0. The number of carbonyl (C=O) groups excluding carboxylic acids is 1. The number of likely N-dealkylation sites (tertiary alicyclic amines) is 1. The Hall–Kier alpha value is -0.330. The van der Waals surface area contributed by atoms with E-state index in [2.05, 4.69) is 58.8 Å². The van der Waals surface area contributed by atoms with E-state index in [1.807, 2.05) is 6.92 Å². The van der Waals surface area contributed by atoms with Crippen LogP contribution in [0.4, 0.5) is 0 Å². The summed E-state index contributed by atoms with van der Waals surface area (Å²) in [5.41, 5.74) is 0.645. The average Bonchev–Trinajstić information content (AvgIpc) is 2.41. The molecular weight excluding hydrogens is 389 g/mol. The third-order valence-electron chi connectivity index (χ3n) is 3.90. The van der Waals surface area contributed by atoms with Crippen LogP contribution in [-0.2, 0) is 14.9 Å². The second-order valence-electron chi connectivity index (χ2n) is 5.11. The Morgan fingerprint density at radius 3 is 2.35 bits per heavy atom. The lowest BCUT2D eigenvalue weighted by molar-refractivity contribution is -0.152. The van der Waals surface area contributed by atoms with E-state index >= 15 is 0 Å². The van der Waals surface area contributed by atoms with Crippen molar-refractivity contribution in [3.05, 3.63) is 33.4 Å². The standard InChI is InChI=1S/C15H20INO2.ClH/c1-3-19-14(18)15(8-10-17(2)11-9-15)12-4-6-13(16)7-5-12;/h4-7H,3,8-11H2,1-2H3;1H/p-1. The van der Waals surface area contributed by atoms with E-state index in [-0.39, 0.29) is 18.4 Å². The van der Waals surface area contributed by atoms with E-state index in [1.165, 1.54) is 3.57 Å². The van der Waals surface area contributed by atoms with Crippen LogP contribution in [0.25, 0.3) is 0 Å². The molecule has 1 aromatic rings. The summed E-state index contributed by atoms with van der Waals surface area (Å²) in [4.78, 5) is 14.7. The molecule has 112 valence electrons. The number of piperidine rings is 1. The Kier molecular flexibility index (Phi) is 6.75. The van der Waals surface area contributed by atoms with Gasteiger partial charge in [0, 0.05) is 3.57 Å². The van der Waals surface area contributed by atoms with Crippen LogP contribution < -0.4 is 12.4 Å². The number of ether oxygens (including phenoxy) is 1. The lowest BCUT2D eigenvalue weighted by Crippen LogP contribution is -3.00. The van der Waals surface area contributed by atoms with Gasteiger partial charge in [0.25, 0.3) is 0 Å². The van der Waals surface area contributed by atoms with Gasteiger partial charge in [0.1, 0.15) is 0 Å². The molecule has 5 heteroatoms. The van der Waals surface area contributed by atoms with Crippen molar-refractivity contribution in [2.75, 3.05) is 26.7 Å². The summed E-state index contributed by atoms with van der Waals surface area (Å²) in [5.74, 6) is -0.0655. The van der Waals surface area contributed by atoms with E-state index < -0.39 is 5.41 Å². The van der Waals surface area contributed by atoms with Crippen molar-refractivity contribution in [2.24, 2.45) is 0 Å². The molecule has 0 unspecified atom stereocenters. The summed E-state index contributed by atoms with van der Waals surface area (Å²) in [7, 11) is 2.10. The molecule has 3 nitrogen and oxygen atoms in total. The van der Waals surface area contributed by atoms with Gasteiger partial charge in [0.15, 0.2) is 0 Å². The molecule has 1 fully saturated rings. The first-order chi connectivity index (χ1) is 9.08. The summed E-state index contributed by atoms with van der Waals surface area (Å²) >= 11 is 2.28. The molecule has 0 atom stereocenters. The zero-order valence-electron chi connectivity index (χ0n) is 11.9. The predicted octanol–water partition coefficient (Wildman–Crippen LogP) is -0.178. The van der Waals surface area contributed by atoms with Crippen molar-refractivity contribution >= 4 is 28.6 Å². The van der Waals surface area contributed by atoms with Gasteiger partial charge in [-0.25, -0.2) is 0 Å². The minimum atomic E-state index is -0.452. The summed E-state index contributed by atoms with van der Waals surface area (Å²) in [6.07, 6.45) is 1.67. The molecule has 1 aromatic carbocycles. The van der Waals surface area contributed by atoms with Crippen LogP contribution in [0.1, 0.15) is 25.3 Å². The molecule has 0 aliphatic carbocycles. The van der Waals surface area contributed by atoms with Gasteiger partial charge < -0.3 is 22.0 Å². The topological polar surface area (TPSA) is 29.5 Å². The van der Waals surface area contributed by atoms with Crippen molar-refractivity contribution in [3.8, 4) is 0 Å². The Bertz CT molecular complexity index is 442. The maximum atomic E-state index is 12.5. The smallest absolute Gasteiger partial charge is 0.316 e. The van der Waals surface area contributed by atoms with Crippen molar-refractivity contribution in [3.63, 3.8) is 0 Å². The molecule has 0 saturated carbocycles. The van der Waals surface area contributed by atoms with Gasteiger partial charge in [0.2, 0.25) is 0 Å². The van der Waals surface area contributed by atoms with Gasteiger partial charge in [-0.3, -0.25) is 4.79 Å². The van der Waals surface area contributed by atoms with Crippen molar-refractivity contribution in [1.29, 1.82) is 0 Å². The Morgan fingerprint density at radius 1 is 1.30 bits per heavy atom. The second-order valence-corrected chi connectivity index (χ2v) is 6.36. The van der Waals surface area contributed by atoms with Gasteiger partial charge in [-0.2, -0.15) is 0 Å². The Morgan fingerprint density at radius 2 is 1.85 bits per heavy atom. The monoisotopic (exact) mass is 408 g/mol. The van der Waals surface area contributed by atoms with Gasteiger partial charge in [-0.1, -0.05) is 12.1 Å². The summed E-state index contributed by atoms with van der Waals surface area (Å²) in [6, 6.07) is 8.28. The van der Waals surface area contributed by atoms with Gasteiger partial charge in [-0.05, 0) is 80.2 Å². The number of hydrogen-bond donors (Lipinski definition) is 0. The number of nitrogens with zero attached hydrogens (tertiary/aromatic N) is 1. The molecule has 20 heavy (non-hydrogen) atoms. The summed E-state index contributed by atoms with van der Waals surface area (Å²) in [5, 5.41) is 0. The van der Waals surface area contributed by atoms with E-state index in [9.17, 15) is 4.79 Å². The van der Waals surface area contributed by atoms with Gasteiger partial charge in [-0.15, -0.1) is 0 Å². The zero-order valence-corrected chi connectivity index (χ0v) is 14.8. The molecule has 0 amide bonds. The molecule has 1 heterocycles. The Balaban J connectivity index is 0.00000200. The largest absolute Gasteiger partial charge is 1.00 e. The highest BCUT2D eigenvalue weighted by atomic mass is 127. The molecule has 1 saturated heterocycles. The predicted molar refractivity (Wildman–Crippen MR) is 84.2 cm³/mol. The highest BCUT2D eigenvalue weighted by Gasteiger charge is 2.43. The molecular formula is C15H20ClINO2-. The molecule has 0 bridgehead atoms. The first kappa shape index (κ1) is 17.7. The Labute approximate surface area is 140 Å². The fourth-order valence-corrected chi connectivity index (χ4v) is 3.01. The number of rotatable bonds is 3. The first-order valence-electron chi connectivity index (χ1n) is 6.70. The van der Waals surface area contributed by atoms with Crippen LogP contribution in [0.2, 0.25) is 0 Å². The molecule has 0 aromatic heterocycles. The maximum absolute atomic E-state index is 12.5. The van der Waals surface area contributed by atoms with Crippen LogP contribution >= 0.6 is 22.6 Å². The second kappa shape index (κ2) is 7.61. The maximum Gasteiger partial charge on any atom is 0.316 e. The van der Waals surface area contributed by atoms with E-state index in [4.69, 9.17) is 4.74 Å². The van der Waals surface area contributed by atoms with Crippen LogP contribution in [0.3, 0.4) is 0 Å². The first-order valence-corrected chi connectivity index (χ1v) is 7.78. The van der Waals surface area contributed by atoms with Gasteiger partial charge in [0.05, 0.1) is 12.0 Å². The molecule has 1 aliphatic heterocycles. The van der Waals surface area contributed by atoms with Crippen LogP contribution in [-0.4, -0.2) is 37.6 Å². The number of carbonyl (C=O) groups is 1. The number of halogens is 2. The van der Waals surface area contributed by atoms with Crippen molar-refractivity contribution < 1.29 is 21.9 Å². The summed E-state index contributed by atoms with van der Waals surface area (Å²) < 4.78 is 6.53. The van der Waals surface area contributed by atoms with Crippen LogP contribution in [0.15, 0.2) is 24.3 Å². The fourth-order valence-electron chi connectivity index (χ4n) is 2.65. The lowest BCUT2D eigenvalue weighted by atomic mass is 9.73. The third kappa shape index (κ3) is 3.65. The molecule has 0 N–H and O–H groups in total. The van der Waals surface area contributed by atoms with E-state index in [1.54, 1.807) is 0 Å². The molecule has 0 radical (unpaired) electrons. The lowest BCUT2D eigenvalue weighted by Gasteiger charge is -2.39. The number of esters is 1. The van der Waals surface area contributed by atoms with Crippen molar-refractivity contribution in [2.45, 2.75) is 25.2 Å².